The van der Waals surface area contributed by atoms with Gasteiger partial charge in [-0.25, -0.2) is 4.57 Å². The minimum absolute atomic E-state index is 0.0179. The van der Waals surface area contributed by atoms with Gasteiger partial charge in [0.1, 0.15) is 13.2 Å². The van der Waals surface area contributed by atoms with Gasteiger partial charge in [-0.05, 0) is 60.7 Å². The van der Waals surface area contributed by atoms with E-state index in [1.165, 1.54) is 12.1 Å². The molecule has 0 aliphatic heterocycles. The number of phosphoric acid groups is 1. The quantitative estimate of drug-likeness (QED) is 0.0906. The summed E-state index contributed by atoms with van der Waals surface area (Å²) in [6, 6.07) is 5.79. The summed E-state index contributed by atoms with van der Waals surface area (Å²) in [7, 11) is -0.861. The summed E-state index contributed by atoms with van der Waals surface area (Å²) < 4.78 is 100. The number of nitrogens with zero attached hydrogens (tertiary/aromatic N) is 1. The van der Waals surface area contributed by atoms with E-state index in [4.69, 9.17) is 9.05 Å². The number of benzene rings is 2. The summed E-state index contributed by atoms with van der Waals surface area (Å²) in [4.78, 5) is 9.84. The zero-order valence-electron chi connectivity index (χ0n) is 20.8. The van der Waals surface area contributed by atoms with E-state index in [1.807, 2.05) is 0 Å². The fourth-order valence-electron chi connectivity index (χ4n) is 3.61. The highest BCUT2D eigenvalue weighted by atomic mass is 31.2. The van der Waals surface area contributed by atoms with Crippen LogP contribution in [0.15, 0.2) is 36.4 Å². The van der Waals surface area contributed by atoms with Crippen LogP contribution in [-0.4, -0.2) is 60.0 Å². The molecule has 0 amide bonds. The van der Waals surface area contributed by atoms with Gasteiger partial charge in [-0.3, -0.25) is 9.05 Å². The van der Waals surface area contributed by atoms with E-state index in [0.29, 0.717) is 37.1 Å². The zero-order chi connectivity index (χ0) is 28.8. The number of aryl methyl sites for hydroxylation is 2. The normalized spacial score (nSPS) is 14.4. The molecule has 7 nitrogen and oxygen atoms in total. The molecule has 0 radical (unpaired) electrons. The number of phenolic OH excluding ortho intramolecular Hbond substituents is 2. The van der Waals surface area contributed by atoms with Crippen molar-refractivity contribution in [1.29, 1.82) is 0 Å². The lowest BCUT2D eigenvalue weighted by molar-refractivity contribution is -0.890. The van der Waals surface area contributed by atoms with Crippen molar-refractivity contribution in [1.82, 2.24) is 0 Å². The Labute approximate surface area is 216 Å². The first-order valence-corrected chi connectivity index (χ1v) is 13.1. The van der Waals surface area contributed by atoms with E-state index in [9.17, 15) is 46.0 Å². The van der Waals surface area contributed by atoms with Gasteiger partial charge in [0.15, 0.2) is 11.5 Å². The first-order valence-electron chi connectivity index (χ1n) is 11.6. The van der Waals surface area contributed by atoms with Crippen LogP contribution in [0, 0.1) is 0 Å². The van der Waals surface area contributed by atoms with Gasteiger partial charge in [-0.2, -0.15) is 26.3 Å². The number of hydrogen-bond donors (Lipinski definition) is 3. The maximum absolute atomic E-state index is 13.0. The number of phenols is 2. The molecule has 0 saturated heterocycles. The molecule has 1 unspecified atom stereocenters. The fraction of sp³-hybridized carbons (Fsp3) is 0.500. The maximum Gasteiger partial charge on any atom is 0.472 e. The molecule has 214 valence electrons. The van der Waals surface area contributed by atoms with Gasteiger partial charge in [0.2, 0.25) is 0 Å². The van der Waals surface area contributed by atoms with Crippen LogP contribution in [-0.2, 0) is 38.8 Å². The van der Waals surface area contributed by atoms with E-state index in [1.54, 1.807) is 20.2 Å². The molecule has 1 atom stereocenters. The number of likely N-dealkylation sites (N-methyl/N-ethyl adjacent to an activating group) is 1. The lowest BCUT2D eigenvalue weighted by Gasteiger charge is -2.30. The summed E-state index contributed by atoms with van der Waals surface area (Å²) in [5.74, 6) is -0.535. The van der Waals surface area contributed by atoms with Crippen LogP contribution in [0.2, 0.25) is 0 Å². The summed E-state index contributed by atoms with van der Waals surface area (Å²) >= 11 is 0. The van der Waals surface area contributed by atoms with Gasteiger partial charge >= 0.3 is 20.2 Å². The standard InChI is InChI=1S/C24H30F6NO6P/c1-31(2,9-3-5-18-13-19(23(25,26)27)16-20(14-18)24(28,29)30)10-12-37-38(34,35)36-11-4-6-17-7-8-21(32)22(33)15-17/h7-8,13-16H,3-6,9-12H2,1-2H3,(H2-,32,33,34,35)/p+1. The SMILES string of the molecule is C[N+](C)(CCCc1cc(C(F)(F)F)cc(C(F)(F)F)c1)CCOP(=O)(O)OCCCc1ccc(O)c(O)c1. The van der Waals surface area contributed by atoms with E-state index < -0.39 is 31.3 Å². The first-order chi connectivity index (χ1) is 17.4. The second-order valence-corrected chi connectivity index (χ2v) is 10.9. The van der Waals surface area contributed by atoms with Crippen molar-refractivity contribution < 1.29 is 59.5 Å². The number of quaternary nitrogens is 1. The van der Waals surface area contributed by atoms with Crippen LogP contribution in [0.25, 0.3) is 0 Å². The van der Waals surface area contributed by atoms with E-state index >= 15 is 0 Å². The van der Waals surface area contributed by atoms with Crippen LogP contribution >= 0.6 is 7.82 Å². The number of phosphoric ester groups is 1. The molecular formula is C24H31F6NO6P+. The molecule has 3 N–H and O–H groups in total. The largest absolute Gasteiger partial charge is 0.504 e. The van der Waals surface area contributed by atoms with Crippen LogP contribution in [0.4, 0.5) is 26.3 Å². The van der Waals surface area contributed by atoms with Gasteiger partial charge in [-0.15, -0.1) is 0 Å². The van der Waals surface area contributed by atoms with Gasteiger partial charge < -0.3 is 19.6 Å². The van der Waals surface area contributed by atoms with Crippen molar-refractivity contribution in [2.45, 2.75) is 38.0 Å². The summed E-state index contributed by atoms with van der Waals surface area (Å²) in [6.07, 6.45) is -8.81. The first kappa shape index (κ1) is 31.9. The van der Waals surface area contributed by atoms with Crippen molar-refractivity contribution in [2.75, 3.05) is 40.4 Å². The lowest BCUT2D eigenvalue weighted by atomic mass is 10.0. The van der Waals surface area contributed by atoms with Crippen molar-refractivity contribution in [3.05, 3.63) is 58.7 Å². The summed E-state index contributed by atoms with van der Waals surface area (Å²) in [5.41, 5.74) is -2.11. The topological polar surface area (TPSA) is 96.2 Å². The third-order valence-electron chi connectivity index (χ3n) is 5.73. The van der Waals surface area contributed by atoms with Crippen LogP contribution in [0.5, 0.6) is 11.5 Å². The van der Waals surface area contributed by atoms with Crippen LogP contribution in [0.1, 0.15) is 35.1 Å². The molecule has 0 fully saturated rings. The van der Waals surface area contributed by atoms with E-state index in [0.717, 1.165) is 0 Å². The Morgan fingerprint density at radius 3 is 1.87 bits per heavy atom. The Kier molecular flexibility index (Phi) is 10.7. The monoisotopic (exact) mass is 574 g/mol. The number of halogens is 6. The highest BCUT2D eigenvalue weighted by Crippen LogP contribution is 2.43. The number of rotatable bonds is 13. The third kappa shape index (κ3) is 10.8. The molecule has 14 heteroatoms. The fourth-order valence-corrected chi connectivity index (χ4v) is 4.35. The van der Waals surface area contributed by atoms with Crippen molar-refractivity contribution in [3.8, 4) is 11.5 Å². The molecule has 0 aromatic heterocycles. The average Bonchev–Trinajstić information content (AvgIpc) is 2.77. The molecule has 2 aromatic carbocycles. The van der Waals surface area contributed by atoms with Gasteiger partial charge in [0.05, 0.1) is 38.4 Å². The molecule has 0 spiro atoms. The number of alkyl halides is 6. The van der Waals surface area contributed by atoms with Gasteiger partial charge in [0, 0.05) is 6.42 Å². The lowest BCUT2D eigenvalue weighted by Crippen LogP contribution is -2.43. The van der Waals surface area contributed by atoms with E-state index in [-0.39, 0.29) is 60.2 Å². The Balaban J connectivity index is 1.78. The molecule has 0 aliphatic rings. The highest BCUT2D eigenvalue weighted by Gasteiger charge is 2.36. The van der Waals surface area contributed by atoms with Crippen molar-refractivity contribution in [2.24, 2.45) is 0 Å². The smallest absolute Gasteiger partial charge is 0.472 e. The van der Waals surface area contributed by atoms with Crippen molar-refractivity contribution >= 4 is 7.82 Å². The second-order valence-electron chi connectivity index (χ2n) is 9.46. The number of hydrogen-bond acceptors (Lipinski definition) is 5. The van der Waals surface area contributed by atoms with Crippen molar-refractivity contribution in [3.63, 3.8) is 0 Å². The summed E-state index contributed by atoms with van der Waals surface area (Å²) in [6.45, 7) is 0.313. The molecule has 0 heterocycles. The molecule has 0 aliphatic carbocycles. The Hall–Kier alpha value is -2.31. The second kappa shape index (κ2) is 12.7. The highest BCUT2D eigenvalue weighted by molar-refractivity contribution is 7.47. The van der Waals surface area contributed by atoms with Gasteiger partial charge in [-0.1, -0.05) is 6.07 Å². The van der Waals surface area contributed by atoms with E-state index in [2.05, 4.69) is 0 Å². The number of aromatic hydroxyl groups is 2. The minimum Gasteiger partial charge on any atom is -0.504 e. The molecule has 2 aromatic rings. The predicted molar refractivity (Wildman–Crippen MR) is 126 cm³/mol. The Morgan fingerprint density at radius 2 is 1.32 bits per heavy atom. The maximum atomic E-state index is 13.0. The Bertz CT molecular complexity index is 1090. The Morgan fingerprint density at radius 1 is 0.763 bits per heavy atom. The average molecular weight is 574 g/mol. The predicted octanol–water partition coefficient (Wildman–Crippen LogP) is 5.91. The molecular weight excluding hydrogens is 543 g/mol. The van der Waals surface area contributed by atoms with Crippen LogP contribution < -0.4 is 0 Å². The molecule has 0 bridgehead atoms. The third-order valence-corrected chi connectivity index (χ3v) is 6.75. The molecule has 0 saturated carbocycles. The molecule has 2 rings (SSSR count). The minimum atomic E-state index is -4.91. The summed E-state index contributed by atoms with van der Waals surface area (Å²) in [5, 5.41) is 18.8. The van der Waals surface area contributed by atoms with Crippen LogP contribution in [0.3, 0.4) is 0 Å². The zero-order valence-corrected chi connectivity index (χ0v) is 21.7. The molecule has 38 heavy (non-hydrogen) atoms. The van der Waals surface area contributed by atoms with Gasteiger partial charge in [0.25, 0.3) is 0 Å².